The van der Waals surface area contributed by atoms with E-state index in [0.717, 1.165) is 25.3 Å². The molecule has 0 N–H and O–H groups in total. The molecule has 0 aliphatic carbocycles. The molecule has 0 spiro atoms. The predicted octanol–water partition coefficient (Wildman–Crippen LogP) is 1.99. The molecule has 1 rings (SSSR count). The van der Waals surface area contributed by atoms with Crippen molar-refractivity contribution < 1.29 is 9.53 Å². The molecule has 0 aromatic heterocycles. The fourth-order valence-corrected chi connectivity index (χ4v) is 2.77. The standard InChI is InChI=1S/C15H30N2O2/c1-4-19-15(18)8-6-5-7-10-16(2)12-14-9-11-17(3)13-14/h14H,4-13H2,1-3H3. The number of hydrogen-bond donors (Lipinski definition) is 0. The van der Waals surface area contributed by atoms with Crippen molar-refractivity contribution >= 4 is 5.97 Å². The Bertz CT molecular complexity index is 259. The van der Waals surface area contributed by atoms with Crippen LogP contribution in [0.5, 0.6) is 0 Å². The Hall–Kier alpha value is -0.610. The Balaban J connectivity index is 1.95. The number of ether oxygens (including phenoxy) is 1. The Morgan fingerprint density at radius 2 is 2.16 bits per heavy atom. The maximum atomic E-state index is 11.2. The largest absolute Gasteiger partial charge is 0.466 e. The number of nitrogens with zero attached hydrogens (tertiary/aromatic N) is 2. The summed E-state index contributed by atoms with van der Waals surface area (Å²) >= 11 is 0. The summed E-state index contributed by atoms with van der Waals surface area (Å²) in [6, 6.07) is 0. The lowest BCUT2D eigenvalue weighted by Gasteiger charge is -2.20. The minimum atomic E-state index is -0.0511. The molecule has 112 valence electrons. The van der Waals surface area contributed by atoms with Crippen molar-refractivity contribution in [2.75, 3.05) is 46.9 Å². The van der Waals surface area contributed by atoms with E-state index in [4.69, 9.17) is 4.74 Å². The van der Waals surface area contributed by atoms with E-state index >= 15 is 0 Å². The molecular weight excluding hydrogens is 240 g/mol. The number of rotatable bonds is 9. The normalized spacial score (nSPS) is 20.1. The highest BCUT2D eigenvalue weighted by molar-refractivity contribution is 5.69. The minimum Gasteiger partial charge on any atom is -0.466 e. The van der Waals surface area contributed by atoms with Crippen molar-refractivity contribution in [2.24, 2.45) is 5.92 Å². The molecule has 0 saturated carbocycles. The first kappa shape index (κ1) is 16.4. The van der Waals surface area contributed by atoms with Gasteiger partial charge in [-0.2, -0.15) is 0 Å². The predicted molar refractivity (Wildman–Crippen MR) is 78.2 cm³/mol. The zero-order valence-corrected chi connectivity index (χ0v) is 12.9. The van der Waals surface area contributed by atoms with Crippen LogP contribution in [0.1, 0.15) is 39.0 Å². The first-order valence-electron chi connectivity index (χ1n) is 7.64. The van der Waals surface area contributed by atoms with Gasteiger partial charge in [0.05, 0.1) is 6.61 Å². The second-order valence-electron chi connectivity index (χ2n) is 5.79. The van der Waals surface area contributed by atoms with Gasteiger partial charge in [0.15, 0.2) is 0 Å². The van der Waals surface area contributed by atoms with Crippen LogP contribution in [0.15, 0.2) is 0 Å². The average molecular weight is 270 g/mol. The van der Waals surface area contributed by atoms with E-state index in [1.54, 1.807) is 0 Å². The number of carbonyl (C=O) groups is 1. The molecule has 1 unspecified atom stereocenters. The molecule has 1 fully saturated rings. The molecule has 19 heavy (non-hydrogen) atoms. The van der Waals surface area contributed by atoms with Crippen LogP contribution >= 0.6 is 0 Å². The van der Waals surface area contributed by atoms with Crippen LogP contribution in [-0.4, -0.2) is 62.7 Å². The lowest BCUT2D eigenvalue weighted by atomic mass is 10.1. The van der Waals surface area contributed by atoms with Crippen LogP contribution in [-0.2, 0) is 9.53 Å². The summed E-state index contributed by atoms with van der Waals surface area (Å²) in [6.07, 6.45) is 5.17. The van der Waals surface area contributed by atoms with E-state index in [2.05, 4.69) is 23.9 Å². The highest BCUT2D eigenvalue weighted by Gasteiger charge is 2.20. The van der Waals surface area contributed by atoms with Gasteiger partial charge in [-0.3, -0.25) is 4.79 Å². The van der Waals surface area contributed by atoms with Gasteiger partial charge in [-0.05, 0) is 59.3 Å². The number of hydrogen-bond acceptors (Lipinski definition) is 4. The van der Waals surface area contributed by atoms with Gasteiger partial charge in [0.1, 0.15) is 0 Å². The van der Waals surface area contributed by atoms with Crippen molar-refractivity contribution in [3.63, 3.8) is 0 Å². The van der Waals surface area contributed by atoms with Gasteiger partial charge >= 0.3 is 5.97 Å². The maximum absolute atomic E-state index is 11.2. The van der Waals surface area contributed by atoms with Crippen molar-refractivity contribution in [3.8, 4) is 0 Å². The summed E-state index contributed by atoms with van der Waals surface area (Å²) in [7, 11) is 4.42. The van der Waals surface area contributed by atoms with Crippen molar-refractivity contribution in [1.29, 1.82) is 0 Å². The van der Waals surface area contributed by atoms with Gasteiger partial charge in [0.25, 0.3) is 0 Å². The highest BCUT2D eigenvalue weighted by atomic mass is 16.5. The number of likely N-dealkylation sites (tertiary alicyclic amines) is 1. The van der Waals surface area contributed by atoms with Gasteiger partial charge in [0, 0.05) is 19.5 Å². The smallest absolute Gasteiger partial charge is 0.305 e. The molecule has 1 aliphatic heterocycles. The van der Waals surface area contributed by atoms with Crippen molar-refractivity contribution in [2.45, 2.75) is 39.0 Å². The van der Waals surface area contributed by atoms with Gasteiger partial charge in [-0.15, -0.1) is 0 Å². The van der Waals surface area contributed by atoms with E-state index in [1.807, 2.05) is 6.92 Å². The molecule has 4 heteroatoms. The molecule has 0 bridgehead atoms. The summed E-state index contributed by atoms with van der Waals surface area (Å²) in [4.78, 5) is 16.0. The first-order valence-corrected chi connectivity index (χ1v) is 7.64. The van der Waals surface area contributed by atoms with Crippen LogP contribution in [0.4, 0.5) is 0 Å². The highest BCUT2D eigenvalue weighted by Crippen LogP contribution is 2.15. The monoisotopic (exact) mass is 270 g/mol. The molecule has 0 aromatic rings. The number of unbranched alkanes of at least 4 members (excludes halogenated alkanes) is 2. The van der Waals surface area contributed by atoms with Gasteiger partial charge in [0.2, 0.25) is 0 Å². The summed E-state index contributed by atoms with van der Waals surface area (Å²) in [5.74, 6) is 0.791. The third-order valence-electron chi connectivity index (χ3n) is 3.78. The fraction of sp³-hybridized carbons (Fsp3) is 0.933. The van der Waals surface area contributed by atoms with E-state index in [9.17, 15) is 4.79 Å². The molecule has 1 aliphatic rings. The fourth-order valence-electron chi connectivity index (χ4n) is 2.77. The molecule has 0 amide bonds. The molecule has 1 heterocycles. The molecule has 0 radical (unpaired) electrons. The molecule has 1 saturated heterocycles. The third-order valence-corrected chi connectivity index (χ3v) is 3.78. The summed E-state index contributed by atoms with van der Waals surface area (Å²) in [5, 5.41) is 0. The Morgan fingerprint density at radius 3 is 2.79 bits per heavy atom. The van der Waals surface area contributed by atoms with Gasteiger partial charge in [-0.1, -0.05) is 6.42 Å². The molecule has 1 atom stereocenters. The molecular formula is C15H30N2O2. The van der Waals surface area contributed by atoms with E-state index < -0.39 is 0 Å². The van der Waals surface area contributed by atoms with Crippen LogP contribution in [0.25, 0.3) is 0 Å². The van der Waals surface area contributed by atoms with E-state index in [-0.39, 0.29) is 5.97 Å². The van der Waals surface area contributed by atoms with E-state index in [1.165, 1.54) is 32.5 Å². The van der Waals surface area contributed by atoms with Gasteiger partial charge < -0.3 is 14.5 Å². The SMILES string of the molecule is CCOC(=O)CCCCCN(C)CC1CCN(C)C1. The van der Waals surface area contributed by atoms with Crippen LogP contribution in [0, 0.1) is 5.92 Å². The topological polar surface area (TPSA) is 32.8 Å². The number of esters is 1. The maximum Gasteiger partial charge on any atom is 0.305 e. The zero-order valence-electron chi connectivity index (χ0n) is 12.9. The minimum absolute atomic E-state index is 0.0511. The average Bonchev–Trinajstić information content (AvgIpc) is 2.74. The second kappa shape index (κ2) is 9.32. The number of carbonyl (C=O) groups excluding carboxylic acids is 1. The zero-order chi connectivity index (χ0) is 14.1. The first-order chi connectivity index (χ1) is 9.11. The summed E-state index contributed by atoms with van der Waals surface area (Å²) in [5.41, 5.74) is 0. The lowest BCUT2D eigenvalue weighted by Crippen LogP contribution is -2.28. The molecule has 0 aromatic carbocycles. The van der Waals surface area contributed by atoms with Crippen LogP contribution in [0.3, 0.4) is 0 Å². The Morgan fingerprint density at radius 1 is 1.37 bits per heavy atom. The van der Waals surface area contributed by atoms with Crippen LogP contribution in [0.2, 0.25) is 0 Å². The lowest BCUT2D eigenvalue weighted by molar-refractivity contribution is -0.143. The Labute approximate surface area is 118 Å². The molecule has 4 nitrogen and oxygen atoms in total. The third kappa shape index (κ3) is 7.53. The van der Waals surface area contributed by atoms with Crippen molar-refractivity contribution in [3.05, 3.63) is 0 Å². The second-order valence-corrected chi connectivity index (χ2v) is 5.79. The van der Waals surface area contributed by atoms with E-state index in [0.29, 0.717) is 13.0 Å². The van der Waals surface area contributed by atoms with Crippen LogP contribution < -0.4 is 0 Å². The van der Waals surface area contributed by atoms with Gasteiger partial charge in [-0.25, -0.2) is 0 Å². The summed E-state index contributed by atoms with van der Waals surface area (Å²) < 4.78 is 4.91. The Kier molecular flexibility index (Phi) is 8.07. The quantitative estimate of drug-likeness (QED) is 0.474. The summed E-state index contributed by atoms with van der Waals surface area (Å²) in [6.45, 7) is 7.20. The van der Waals surface area contributed by atoms with Crippen molar-refractivity contribution in [1.82, 2.24) is 9.80 Å².